The van der Waals surface area contributed by atoms with Crippen molar-refractivity contribution < 1.29 is 0 Å². The van der Waals surface area contributed by atoms with Gasteiger partial charge in [-0.15, -0.1) is 0 Å². The number of nitrogens with one attached hydrogen (secondary N) is 2. The van der Waals surface area contributed by atoms with Gasteiger partial charge < -0.3 is 5.32 Å². The van der Waals surface area contributed by atoms with E-state index in [1.54, 1.807) is 6.21 Å². The van der Waals surface area contributed by atoms with Gasteiger partial charge >= 0.3 is 0 Å². The molecular weight excluding hydrogens is 342 g/mol. The van der Waals surface area contributed by atoms with Crippen LogP contribution in [0.5, 0.6) is 0 Å². The Kier molecular flexibility index (Phi) is 5.76. The van der Waals surface area contributed by atoms with Gasteiger partial charge in [0, 0.05) is 23.9 Å². The molecule has 0 amide bonds. The molecule has 3 aromatic rings. The lowest BCUT2D eigenvalue weighted by atomic mass is 10.1. The molecule has 1 aromatic heterocycles. The largest absolute Gasteiger partial charge is 0.362 e. The minimum absolute atomic E-state index is 0.496. The van der Waals surface area contributed by atoms with Crippen molar-refractivity contribution in [2.75, 3.05) is 6.54 Å². The second kappa shape index (κ2) is 8.40. The molecule has 0 bridgehead atoms. The van der Waals surface area contributed by atoms with Gasteiger partial charge in [-0.25, -0.2) is 4.68 Å². The van der Waals surface area contributed by atoms with E-state index in [4.69, 9.17) is 17.3 Å². The van der Waals surface area contributed by atoms with Gasteiger partial charge in [0.15, 0.2) is 5.11 Å². The number of nitrogens with zero attached hydrogens (tertiary/aromatic N) is 3. The summed E-state index contributed by atoms with van der Waals surface area (Å²) in [6, 6.07) is 18.3. The summed E-state index contributed by atoms with van der Waals surface area (Å²) in [5.74, 6) is 0. The van der Waals surface area contributed by atoms with Crippen LogP contribution in [0.4, 0.5) is 0 Å². The maximum Gasteiger partial charge on any atom is 0.186 e. The van der Waals surface area contributed by atoms with Gasteiger partial charge in [0.05, 0.1) is 11.9 Å². The molecule has 0 unspecified atom stereocenters. The number of aromatic nitrogens is 2. The molecule has 0 radical (unpaired) electrons. The van der Waals surface area contributed by atoms with Crippen LogP contribution in [0, 0.1) is 6.92 Å². The third kappa shape index (κ3) is 4.34. The summed E-state index contributed by atoms with van der Waals surface area (Å²) in [4.78, 5) is 0. The molecule has 0 fully saturated rings. The number of para-hydroxylation sites is 1. The summed E-state index contributed by atoms with van der Waals surface area (Å²) in [7, 11) is 0. The van der Waals surface area contributed by atoms with Crippen LogP contribution < -0.4 is 10.7 Å². The summed E-state index contributed by atoms with van der Waals surface area (Å²) in [6.45, 7) is 4.80. The quantitative estimate of drug-likeness (QED) is 0.413. The fourth-order valence-corrected chi connectivity index (χ4v) is 2.69. The van der Waals surface area contributed by atoms with Crippen LogP contribution in [0.1, 0.15) is 18.1 Å². The van der Waals surface area contributed by atoms with E-state index in [9.17, 15) is 0 Å². The van der Waals surface area contributed by atoms with E-state index in [1.807, 2.05) is 48.1 Å². The van der Waals surface area contributed by atoms with Crippen molar-refractivity contribution in [3.05, 3.63) is 71.9 Å². The van der Waals surface area contributed by atoms with E-state index < -0.39 is 0 Å². The molecule has 6 heteroatoms. The highest BCUT2D eigenvalue weighted by molar-refractivity contribution is 7.80. The SMILES string of the molecule is CCNC(=S)N/N=C/c1cn(-c2ccccc2)nc1-c1ccc(C)cc1. The maximum absolute atomic E-state index is 5.13. The lowest BCUT2D eigenvalue weighted by Crippen LogP contribution is -2.31. The molecule has 0 atom stereocenters. The number of aryl methyl sites for hydroxylation is 1. The van der Waals surface area contributed by atoms with Crippen LogP contribution in [0.25, 0.3) is 16.9 Å². The Morgan fingerprint density at radius 3 is 2.58 bits per heavy atom. The van der Waals surface area contributed by atoms with Crippen LogP contribution >= 0.6 is 12.2 Å². The maximum atomic E-state index is 5.13. The Labute approximate surface area is 158 Å². The molecule has 0 saturated carbocycles. The topological polar surface area (TPSA) is 54.2 Å². The monoisotopic (exact) mass is 363 g/mol. The van der Waals surface area contributed by atoms with E-state index >= 15 is 0 Å². The van der Waals surface area contributed by atoms with E-state index in [0.29, 0.717) is 5.11 Å². The zero-order valence-corrected chi connectivity index (χ0v) is 15.6. The molecule has 2 aromatic carbocycles. The second-order valence-electron chi connectivity index (χ2n) is 5.81. The van der Waals surface area contributed by atoms with Crippen molar-refractivity contribution >= 4 is 23.5 Å². The van der Waals surface area contributed by atoms with E-state index in [-0.39, 0.29) is 0 Å². The summed E-state index contributed by atoms with van der Waals surface area (Å²) < 4.78 is 1.86. The molecule has 132 valence electrons. The van der Waals surface area contributed by atoms with Crippen molar-refractivity contribution in [1.29, 1.82) is 0 Å². The minimum Gasteiger partial charge on any atom is -0.362 e. The summed E-state index contributed by atoms with van der Waals surface area (Å²) in [5.41, 5.74) is 7.85. The molecule has 0 saturated heterocycles. The number of hydrogen-bond acceptors (Lipinski definition) is 3. The molecule has 0 aliphatic heterocycles. The Hall–Kier alpha value is -2.99. The Bertz CT molecular complexity index is 898. The molecule has 3 rings (SSSR count). The van der Waals surface area contributed by atoms with Crippen LogP contribution in [-0.4, -0.2) is 27.7 Å². The fourth-order valence-electron chi connectivity index (χ4n) is 2.49. The summed E-state index contributed by atoms with van der Waals surface area (Å²) in [6.07, 6.45) is 3.71. The van der Waals surface area contributed by atoms with E-state index in [1.165, 1.54) is 5.56 Å². The highest BCUT2D eigenvalue weighted by atomic mass is 32.1. The van der Waals surface area contributed by atoms with Crippen LogP contribution in [0.3, 0.4) is 0 Å². The Morgan fingerprint density at radius 1 is 1.15 bits per heavy atom. The third-order valence-electron chi connectivity index (χ3n) is 3.80. The number of rotatable bonds is 5. The van der Waals surface area contributed by atoms with Crippen molar-refractivity contribution in [2.45, 2.75) is 13.8 Å². The Balaban J connectivity index is 1.95. The average molecular weight is 363 g/mol. The summed E-state index contributed by atoms with van der Waals surface area (Å²) in [5, 5.41) is 12.5. The number of benzene rings is 2. The predicted molar refractivity (Wildman–Crippen MR) is 111 cm³/mol. The van der Waals surface area contributed by atoms with Gasteiger partial charge in [-0.05, 0) is 38.2 Å². The third-order valence-corrected chi connectivity index (χ3v) is 4.03. The highest BCUT2D eigenvalue weighted by Gasteiger charge is 2.11. The van der Waals surface area contributed by atoms with Gasteiger partial charge in [0.2, 0.25) is 0 Å². The first kappa shape index (κ1) is 17.8. The standard InChI is InChI=1S/C20H21N5S/c1-3-21-20(26)23-22-13-17-14-25(18-7-5-4-6-8-18)24-19(17)16-11-9-15(2)10-12-16/h4-14H,3H2,1-2H3,(H2,21,23,26)/b22-13+. The number of hydrazone groups is 1. The van der Waals surface area contributed by atoms with Crippen molar-refractivity contribution in [2.24, 2.45) is 5.10 Å². The molecule has 26 heavy (non-hydrogen) atoms. The number of hydrogen-bond donors (Lipinski definition) is 2. The zero-order valence-electron chi connectivity index (χ0n) is 14.8. The predicted octanol–water partition coefficient (Wildman–Crippen LogP) is 3.67. The van der Waals surface area contributed by atoms with E-state index in [2.05, 4.69) is 47.0 Å². The molecule has 5 nitrogen and oxygen atoms in total. The molecule has 0 spiro atoms. The first-order valence-electron chi connectivity index (χ1n) is 8.46. The zero-order chi connectivity index (χ0) is 18.4. The van der Waals surface area contributed by atoms with Gasteiger partial charge in [0.1, 0.15) is 5.69 Å². The summed E-state index contributed by atoms with van der Waals surface area (Å²) >= 11 is 5.13. The van der Waals surface area contributed by atoms with Gasteiger partial charge in [-0.1, -0.05) is 48.0 Å². The average Bonchev–Trinajstić information content (AvgIpc) is 3.07. The minimum atomic E-state index is 0.496. The molecular formula is C20H21N5S. The first-order chi connectivity index (χ1) is 12.7. The lowest BCUT2D eigenvalue weighted by molar-refractivity contribution is 0.884. The Morgan fingerprint density at radius 2 is 1.88 bits per heavy atom. The van der Waals surface area contributed by atoms with Crippen molar-refractivity contribution in [3.63, 3.8) is 0 Å². The molecule has 0 aliphatic carbocycles. The molecule has 0 aliphatic rings. The van der Waals surface area contributed by atoms with Gasteiger partial charge in [-0.2, -0.15) is 10.2 Å². The second-order valence-corrected chi connectivity index (χ2v) is 6.22. The number of thiocarbonyl (C=S) groups is 1. The first-order valence-corrected chi connectivity index (χ1v) is 8.87. The van der Waals surface area contributed by atoms with E-state index in [0.717, 1.165) is 29.1 Å². The van der Waals surface area contributed by atoms with Gasteiger partial charge in [0.25, 0.3) is 0 Å². The van der Waals surface area contributed by atoms with Crippen LogP contribution in [0.2, 0.25) is 0 Å². The van der Waals surface area contributed by atoms with Crippen molar-refractivity contribution in [3.8, 4) is 16.9 Å². The fraction of sp³-hybridized carbons (Fsp3) is 0.150. The van der Waals surface area contributed by atoms with Crippen LogP contribution in [-0.2, 0) is 0 Å². The smallest absolute Gasteiger partial charge is 0.186 e. The molecule has 2 N–H and O–H groups in total. The van der Waals surface area contributed by atoms with Crippen LogP contribution in [0.15, 0.2) is 65.9 Å². The lowest BCUT2D eigenvalue weighted by Gasteiger charge is -2.03. The highest BCUT2D eigenvalue weighted by Crippen LogP contribution is 2.23. The molecule has 1 heterocycles. The van der Waals surface area contributed by atoms with Crippen molar-refractivity contribution in [1.82, 2.24) is 20.5 Å². The normalized spacial score (nSPS) is 10.8. The van der Waals surface area contributed by atoms with Gasteiger partial charge in [-0.3, -0.25) is 5.43 Å².